The number of benzene rings is 1. The molecule has 1 aliphatic rings. The van der Waals surface area contributed by atoms with Crippen LogP contribution in [0.25, 0.3) is 0 Å². The summed E-state index contributed by atoms with van der Waals surface area (Å²) in [5.41, 5.74) is 5.14. The highest BCUT2D eigenvalue weighted by molar-refractivity contribution is 7.89. The summed E-state index contributed by atoms with van der Waals surface area (Å²) < 4.78 is 25.8. The summed E-state index contributed by atoms with van der Waals surface area (Å²) in [5, 5.41) is 11.1. The number of nitro groups is 1. The van der Waals surface area contributed by atoms with Crippen molar-refractivity contribution < 1.29 is 13.3 Å². The molecule has 2 rings (SSSR count). The second kappa shape index (κ2) is 5.04. The van der Waals surface area contributed by atoms with Crippen molar-refractivity contribution in [3.63, 3.8) is 0 Å². The van der Waals surface area contributed by atoms with Crippen molar-refractivity contribution in [3.8, 4) is 0 Å². The number of nitro benzene ring substituents is 1. The highest BCUT2D eigenvalue weighted by Gasteiger charge is 2.35. The van der Waals surface area contributed by atoms with Gasteiger partial charge >= 0.3 is 0 Å². The van der Waals surface area contributed by atoms with Gasteiger partial charge in [-0.15, -0.1) is 0 Å². The van der Waals surface area contributed by atoms with E-state index in [1.54, 1.807) is 0 Å². The summed E-state index contributed by atoms with van der Waals surface area (Å²) in [6, 6.07) is 3.27. The number of sulfonamides is 1. The van der Waals surface area contributed by atoms with Gasteiger partial charge in [0, 0.05) is 30.2 Å². The zero-order valence-corrected chi connectivity index (χ0v) is 11.4. The van der Waals surface area contributed by atoms with Crippen molar-refractivity contribution in [2.45, 2.75) is 17.4 Å². The van der Waals surface area contributed by atoms with Crippen LogP contribution < -0.4 is 5.73 Å². The molecule has 1 aromatic rings. The van der Waals surface area contributed by atoms with Crippen molar-refractivity contribution in [1.82, 2.24) is 4.31 Å². The molecule has 19 heavy (non-hydrogen) atoms. The number of hydrogen-bond acceptors (Lipinski definition) is 5. The third-order valence-corrected chi connectivity index (χ3v) is 5.07. The van der Waals surface area contributed by atoms with Crippen molar-refractivity contribution in [3.05, 3.63) is 33.3 Å². The second-order valence-electron chi connectivity index (χ2n) is 4.28. The van der Waals surface area contributed by atoms with Gasteiger partial charge in [-0.2, -0.15) is 4.31 Å². The van der Waals surface area contributed by atoms with Crippen LogP contribution in [0.1, 0.15) is 6.42 Å². The Morgan fingerprint density at radius 3 is 2.68 bits per heavy atom. The largest absolute Gasteiger partial charge is 0.326 e. The monoisotopic (exact) mass is 305 g/mol. The lowest BCUT2D eigenvalue weighted by Crippen LogP contribution is -2.32. The Balaban J connectivity index is 2.49. The Labute approximate surface area is 115 Å². The molecule has 0 amide bonds. The Morgan fingerprint density at radius 1 is 1.47 bits per heavy atom. The molecule has 1 fully saturated rings. The summed E-state index contributed by atoms with van der Waals surface area (Å²) >= 11 is 5.66. The molecule has 0 radical (unpaired) electrons. The second-order valence-corrected chi connectivity index (χ2v) is 6.62. The van der Waals surface area contributed by atoms with Crippen LogP contribution in [0.2, 0.25) is 5.02 Å². The standard InChI is InChI=1S/C10H12ClN3O4S/c11-7-1-2-10(9(5-7)14(15)16)19(17,18)13-4-3-8(12)6-13/h1-2,5,8H,3-4,6,12H2/t8-/m0/s1. The van der Waals surface area contributed by atoms with Gasteiger partial charge in [0.25, 0.3) is 5.69 Å². The van der Waals surface area contributed by atoms with Crippen LogP contribution in [0.3, 0.4) is 0 Å². The molecular weight excluding hydrogens is 294 g/mol. The van der Waals surface area contributed by atoms with Crippen molar-refractivity contribution in [2.75, 3.05) is 13.1 Å². The van der Waals surface area contributed by atoms with Crippen LogP contribution in [-0.2, 0) is 10.0 Å². The van der Waals surface area contributed by atoms with E-state index in [1.165, 1.54) is 6.07 Å². The summed E-state index contributed by atoms with van der Waals surface area (Å²) in [7, 11) is -3.91. The van der Waals surface area contributed by atoms with Crippen LogP contribution in [-0.4, -0.2) is 36.8 Å². The first kappa shape index (κ1) is 14.2. The van der Waals surface area contributed by atoms with E-state index < -0.39 is 20.6 Å². The lowest BCUT2D eigenvalue weighted by Gasteiger charge is -2.15. The predicted molar refractivity (Wildman–Crippen MR) is 69.5 cm³/mol. The van der Waals surface area contributed by atoms with Crippen LogP contribution in [0, 0.1) is 10.1 Å². The minimum absolute atomic E-state index is 0.115. The number of rotatable bonds is 3. The molecule has 1 aliphatic heterocycles. The van der Waals surface area contributed by atoms with Gasteiger partial charge in [-0.25, -0.2) is 8.42 Å². The third kappa shape index (κ3) is 2.71. The number of nitrogens with two attached hydrogens (primary N) is 1. The van der Waals surface area contributed by atoms with E-state index in [2.05, 4.69) is 0 Å². The lowest BCUT2D eigenvalue weighted by molar-refractivity contribution is -0.387. The maximum atomic E-state index is 12.3. The molecule has 1 saturated heterocycles. The van der Waals surface area contributed by atoms with Crippen LogP contribution in [0.15, 0.2) is 23.1 Å². The fraction of sp³-hybridized carbons (Fsp3) is 0.400. The first-order valence-electron chi connectivity index (χ1n) is 5.52. The van der Waals surface area contributed by atoms with E-state index in [0.717, 1.165) is 16.4 Å². The maximum Gasteiger partial charge on any atom is 0.290 e. The molecule has 0 bridgehead atoms. The third-order valence-electron chi connectivity index (χ3n) is 2.92. The summed E-state index contributed by atoms with van der Waals surface area (Å²) in [5.74, 6) is 0. The average Bonchev–Trinajstić information content (AvgIpc) is 2.76. The Kier molecular flexibility index (Phi) is 3.77. The molecular formula is C10H12ClN3O4S. The van der Waals surface area contributed by atoms with E-state index in [-0.39, 0.29) is 29.0 Å². The molecule has 2 N–H and O–H groups in total. The van der Waals surface area contributed by atoms with E-state index >= 15 is 0 Å². The summed E-state index contributed by atoms with van der Waals surface area (Å²) in [6.07, 6.45) is 0.542. The summed E-state index contributed by atoms with van der Waals surface area (Å²) in [6.45, 7) is 0.436. The molecule has 0 unspecified atom stereocenters. The number of hydrogen-bond donors (Lipinski definition) is 1. The molecule has 1 heterocycles. The molecule has 0 spiro atoms. The SMILES string of the molecule is N[C@H]1CCN(S(=O)(=O)c2ccc(Cl)cc2[N+](=O)[O-])C1. The van der Waals surface area contributed by atoms with E-state index in [4.69, 9.17) is 17.3 Å². The number of halogens is 1. The highest BCUT2D eigenvalue weighted by atomic mass is 35.5. The van der Waals surface area contributed by atoms with Gasteiger partial charge in [0.1, 0.15) is 0 Å². The van der Waals surface area contributed by atoms with Crippen molar-refractivity contribution in [1.29, 1.82) is 0 Å². The first-order chi connectivity index (χ1) is 8.82. The maximum absolute atomic E-state index is 12.3. The molecule has 1 atom stereocenters. The quantitative estimate of drug-likeness (QED) is 0.661. The van der Waals surface area contributed by atoms with Crippen molar-refractivity contribution >= 4 is 27.3 Å². The minimum atomic E-state index is -3.91. The van der Waals surface area contributed by atoms with Gasteiger partial charge in [0.15, 0.2) is 4.90 Å². The molecule has 1 aromatic carbocycles. The molecule has 9 heteroatoms. The van der Waals surface area contributed by atoms with E-state index in [1.807, 2.05) is 0 Å². The first-order valence-corrected chi connectivity index (χ1v) is 7.34. The molecule has 7 nitrogen and oxygen atoms in total. The topological polar surface area (TPSA) is 107 Å². The van der Waals surface area contributed by atoms with E-state index in [0.29, 0.717) is 6.42 Å². The average molecular weight is 306 g/mol. The van der Waals surface area contributed by atoms with Crippen LogP contribution in [0.5, 0.6) is 0 Å². The Hall–Kier alpha value is -1.22. The van der Waals surface area contributed by atoms with Gasteiger partial charge < -0.3 is 5.73 Å². The van der Waals surface area contributed by atoms with Crippen LogP contribution >= 0.6 is 11.6 Å². The molecule has 0 aliphatic carbocycles. The molecule has 104 valence electrons. The van der Waals surface area contributed by atoms with Crippen LogP contribution in [0.4, 0.5) is 5.69 Å². The number of nitrogens with zero attached hydrogens (tertiary/aromatic N) is 2. The minimum Gasteiger partial charge on any atom is -0.326 e. The Bertz CT molecular complexity index is 619. The lowest BCUT2D eigenvalue weighted by atomic mass is 10.3. The van der Waals surface area contributed by atoms with Gasteiger partial charge in [-0.05, 0) is 18.6 Å². The van der Waals surface area contributed by atoms with Gasteiger partial charge in [0.05, 0.1) is 4.92 Å². The predicted octanol–water partition coefficient (Wildman–Crippen LogP) is 0.970. The smallest absolute Gasteiger partial charge is 0.290 e. The fourth-order valence-electron chi connectivity index (χ4n) is 1.96. The highest BCUT2D eigenvalue weighted by Crippen LogP contribution is 2.30. The molecule has 0 aromatic heterocycles. The normalized spacial score (nSPS) is 20.6. The summed E-state index contributed by atoms with van der Waals surface area (Å²) in [4.78, 5) is 9.83. The zero-order chi connectivity index (χ0) is 14.2. The van der Waals surface area contributed by atoms with Gasteiger partial charge in [-0.1, -0.05) is 11.6 Å². The van der Waals surface area contributed by atoms with E-state index in [9.17, 15) is 18.5 Å². The molecule has 0 saturated carbocycles. The Morgan fingerprint density at radius 2 is 2.16 bits per heavy atom. The van der Waals surface area contributed by atoms with Crippen molar-refractivity contribution in [2.24, 2.45) is 5.73 Å². The zero-order valence-electron chi connectivity index (χ0n) is 9.82. The van der Waals surface area contributed by atoms with Gasteiger partial charge in [0.2, 0.25) is 10.0 Å². The fourth-order valence-corrected chi connectivity index (χ4v) is 3.78. The van der Waals surface area contributed by atoms with Gasteiger partial charge in [-0.3, -0.25) is 10.1 Å².